The first-order chi connectivity index (χ1) is 12.0. The van der Waals surface area contributed by atoms with Crippen molar-refractivity contribution in [3.05, 3.63) is 59.7 Å². The van der Waals surface area contributed by atoms with Gasteiger partial charge in [-0.1, -0.05) is 37.3 Å². The summed E-state index contributed by atoms with van der Waals surface area (Å²) in [6.45, 7) is 1.83. The topological polar surface area (TPSA) is 84.2 Å². The summed E-state index contributed by atoms with van der Waals surface area (Å²) in [6.07, 6.45) is 2.15. The quantitative estimate of drug-likeness (QED) is 0.764. The second-order valence-corrected chi connectivity index (χ2v) is 6.49. The molecule has 138 valence electrons. The number of carbonyl (C=O) groups excluding carboxylic acids is 2. The molecule has 0 aromatic heterocycles. The third kappa shape index (κ3) is 4.62. The lowest BCUT2D eigenvalue weighted by Crippen LogP contribution is -2.30. The number of amides is 2. The number of anilines is 2. The number of benzene rings is 2. The lowest BCUT2D eigenvalue weighted by atomic mass is 9.94. The number of nitrogens with one attached hydrogen (secondary N) is 2. The first-order valence-corrected chi connectivity index (χ1v) is 8.59. The molecule has 0 spiro atoms. The van der Waals surface area contributed by atoms with Crippen molar-refractivity contribution in [3.8, 4) is 0 Å². The fourth-order valence-electron chi connectivity index (χ4n) is 3.04. The third-order valence-electron chi connectivity index (χ3n) is 4.63. The molecule has 0 bridgehead atoms. The molecule has 3 rings (SSSR count). The zero-order valence-corrected chi connectivity index (χ0v) is 15.5. The van der Waals surface area contributed by atoms with Gasteiger partial charge in [0.2, 0.25) is 11.8 Å². The highest BCUT2D eigenvalue weighted by Gasteiger charge is 2.22. The predicted octanol–water partition coefficient (Wildman–Crippen LogP) is 3.66. The summed E-state index contributed by atoms with van der Waals surface area (Å²) in [6, 6.07) is 14.8. The summed E-state index contributed by atoms with van der Waals surface area (Å²) >= 11 is 0. The second-order valence-electron chi connectivity index (χ2n) is 6.49. The van der Waals surface area contributed by atoms with Gasteiger partial charge in [0.15, 0.2) is 0 Å². The van der Waals surface area contributed by atoms with Crippen LogP contribution in [0.5, 0.6) is 0 Å². The number of halogens is 1. The summed E-state index contributed by atoms with van der Waals surface area (Å²) in [5.74, 6) is -0.437. The van der Waals surface area contributed by atoms with Crippen LogP contribution in [0.15, 0.2) is 48.5 Å². The van der Waals surface area contributed by atoms with E-state index in [4.69, 9.17) is 5.73 Å². The van der Waals surface area contributed by atoms with E-state index in [0.29, 0.717) is 6.42 Å². The van der Waals surface area contributed by atoms with Gasteiger partial charge in [0, 0.05) is 23.8 Å². The van der Waals surface area contributed by atoms with Crippen molar-refractivity contribution in [2.45, 2.75) is 32.2 Å². The van der Waals surface area contributed by atoms with Gasteiger partial charge < -0.3 is 16.4 Å². The van der Waals surface area contributed by atoms with Crippen LogP contribution in [0.2, 0.25) is 0 Å². The molecule has 1 aliphatic rings. The second kappa shape index (κ2) is 8.83. The highest BCUT2D eigenvalue weighted by molar-refractivity contribution is 5.95. The number of carbonyl (C=O) groups is 2. The minimum atomic E-state index is -0.360. The Morgan fingerprint density at radius 1 is 1.15 bits per heavy atom. The standard InChI is InChI=1S/C20H23N3O2.ClH/c1-13(19(21)14-6-3-2-4-7-14)20(25)22-16-10-11-17-15(12-16)8-5-9-18(24)23-17;/h2-4,6-7,10-13,19H,5,8-9,21H2,1H3,(H,22,25)(H,23,24);1H. The van der Waals surface area contributed by atoms with Crippen molar-refractivity contribution in [3.63, 3.8) is 0 Å². The Labute approximate surface area is 159 Å². The van der Waals surface area contributed by atoms with Crippen molar-refractivity contribution in [1.82, 2.24) is 0 Å². The van der Waals surface area contributed by atoms with E-state index in [0.717, 1.165) is 35.3 Å². The van der Waals surface area contributed by atoms with Crippen LogP contribution in [0.3, 0.4) is 0 Å². The van der Waals surface area contributed by atoms with Crippen LogP contribution < -0.4 is 16.4 Å². The Morgan fingerprint density at radius 2 is 1.88 bits per heavy atom. The molecule has 2 atom stereocenters. The van der Waals surface area contributed by atoms with E-state index < -0.39 is 0 Å². The molecule has 2 amide bonds. The van der Waals surface area contributed by atoms with Gasteiger partial charge in [0.1, 0.15) is 0 Å². The third-order valence-corrected chi connectivity index (χ3v) is 4.63. The highest BCUT2D eigenvalue weighted by Crippen LogP contribution is 2.26. The molecule has 1 heterocycles. The molecule has 0 fully saturated rings. The van der Waals surface area contributed by atoms with Crippen LogP contribution >= 0.6 is 12.4 Å². The van der Waals surface area contributed by atoms with E-state index in [-0.39, 0.29) is 36.2 Å². The van der Waals surface area contributed by atoms with Crippen molar-refractivity contribution in [2.75, 3.05) is 10.6 Å². The number of rotatable bonds is 4. The molecular weight excluding hydrogens is 350 g/mol. The lowest BCUT2D eigenvalue weighted by molar-refractivity contribution is -0.120. The monoisotopic (exact) mass is 373 g/mol. The van der Waals surface area contributed by atoms with Crippen LogP contribution in [-0.2, 0) is 16.0 Å². The van der Waals surface area contributed by atoms with Gasteiger partial charge in [0.05, 0.1) is 5.92 Å². The van der Waals surface area contributed by atoms with E-state index in [9.17, 15) is 9.59 Å². The summed E-state index contributed by atoms with van der Waals surface area (Å²) < 4.78 is 0. The van der Waals surface area contributed by atoms with E-state index in [2.05, 4.69) is 10.6 Å². The van der Waals surface area contributed by atoms with Crippen molar-refractivity contribution >= 4 is 35.6 Å². The van der Waals surface area contributed by atoms with E-state index >= 15 is 0 Å². The molecule has 0 aliphatic carbocycles. The fraction of sp³-hybridized carbons (Fsp3) is 0.300. The summed E-state index contributed by atoms with van der Waals surface area (Å²) in [5.41, 5.74) is 9.77. The van der Waals surface area contributed by atoms with Crippen molar-refractivity contribution < 1.29 is 9.59 Å². The molecule has 0 saturated carbocycles. The maximum atomic E-state index is 12.6. The van der Waals surface area contributed by atoms with Gasteiger partial charge in [-0.2, -0.15) is 0 Å². The average Bonchev–Trinajstić information content (AvgIpc) is 2.81. The number of nitrogens with two attached hydrogens (primary N) is 1. The summed E-state index contributed by atoms with van der Waals surface area (Å²) in [7, 11) is 0. The molecule has 2 aromatic carbocycles. The molecule has 1 aliphatic heterocycles. The number of fused-ring (bicyclic) bond motifs is 1. The molecule has 0 radical (unpaired) electrons. The zero-order chi connectivity index (χ0) is 17.8. The normalized spacial score (nSPS) is 15.5. The Balaban J connectivity index is 0.00000243. The van der Waals surface area contributed by atoms with Crippen LogP contribution in [-0.4, -0.2) is 11.8 Å². The van der Waals surface area contributed by atoms with Crippen LogP contribution in [0.1, 0.15) is 36.9 Å². The minimum Gasteiger partial charge on any atom is -0.326 e. The van der Waals surface area contributed by atoms with Gasteiger partial charge >= 0.3 is 0 Å². The van der Waals surface area contributed by atoms with Crippen LogP contribution in [0.25, 0.3) is 0 Å². The smallest absolute Gasteiger partial charge is 0.229 e. The SMILES string of the molecule is CC(C(=O)Nc1ccc2c(c1)CCCC(=O)N2)C(N)c1ccccc1.Cl. The molecule has 0 saturated heterocycles. The number of hydrogen-bond acceptors (Lipinski definition) is 3. The first-order valence-electron chi connectivity index (χ1n) is 8.59. The predicted molar refractivity (Wildman–Crippen MR) is 106 cm³/mol. The minimum absolute atomic E-state index is 0. The lowest BCUT2D eigenvalue weighted by Gasteiger charge is -2.20. The molecular formula is C20H24ClN3O2. The van der Waals surface area contributed by atoms with Crippen molar-refractivity contribution in [1.29, 1.82) is 0 Å². The van der Waals surface area contributed by atoms with Gasteiger partial charge in [0.25, 0.3) is 0 Å². The van der Waals surface area contributed by atoms with Gasteiger partial charge in [-0.3, -0.25) is 9.59 Å². The summed E-state index contributed by atoms with van der Waals surface area (Å²) in [4.78, 5) is 24.2. The largest absolute Gasteiger partial charge is 0.326 e. The number of aryl methyl sites for hydroxylation is 1. The Bertz CT molecular complexity index is 780. The van der Waals surface area contributed by atoms with E-state index in [1.807, 2.05) is 55.5 Å². The zero-order valence-electron chi connectivity index (χ0n) is 14.7. The summed E-state index contributed by atoms with van der Waals surface area (Å²) in [5, 5.41) is 5.84. The molecule has 2 unspecified atom stereocenters. The average molecular weight is 374 g/mol. The molecule has 6 heteroatoms. The first kappa shape index (κ1) is 19.9. The van der Waals surface area contributed by atoms with Gasteiger partial charge in [-0.25, -0.2) is 0 Å². The molecule has 26 heavy (non-hydrogen) atoms. The van der Waals surface area contributed by atoms with Gasteiger partial charge in [-0.05, 0) is 42.2 Å². The van der Waals surface area contributed by atoms with Gasteiger partial charge in [-0.15, -0.1) is 12.4 Å². The Hall–Kier alpha value is -2.37. The fourth-order valence-corrected chi connectivity index (χ4v) is 3.04. The molecule has 4 N–H and O–H groups in total. The molecule has 5 nitrogen and oxygen atoms in total. The number of hydrogen-bond donors (Lipinski definition) is 3. The maximum absolute atomic E-state index is 12.6. The van der Waals surface area contributed by atoms with Crippen molar-refractivity contribution in [2.24, 2.45) is 11.7 Å². The molecule has 2 aromatic rings. The van der Waals surface area contributed by atoms with E-state index in [1.165, 1.54) is 0 Å². The van der Waals surface area contributed by atoms with E-state index in [1.54, 1.807) is 0 Å². The van der Waals surface area contributed by atoms with Crippen LogP contribution in [0, 0.1) is 5.92 Å². The van der Waals surface area contributed by atoms with Crippen LogP contribution in [0.4, 0.5) is 11.4 Å². The maximum Gasteiger partial charge on any atom is 0.229 e. The highest BCUT2D eigenvalue weighted by atomic mass is 35.5. The Morgan fingerprint density at radius 3 is 2.62 bits per heavy atom. The Kier molecular flexibility index (Phi) is 6.77.